The highest BCUT2D eigenvalue weighted by Gasteiger charge is 2.10. The molecular formula is C15H14N4O. The van der Waals surface area contributed by atoms with E-state index in [1.807, 2.05) is 24.3 Å². The van der Waals surface area contributed by atoms with Gasteiger partial charge >= 0.3 is 0 Å². The molecule has 0 saturated heterocycles. The number of hydrogen-bond acceptors (Lipinski definition) is 3. The van der Waals surface area contributed by atoms with Crippen LogP contribution in [0.15, 0.2) is 48.9 Å². The van der Waals surface area contributed by atoms with Crippen LogP contribution in [-0.2, 0) is 6.42 Å². The number of nitrogens with zero attached hydrogens (tertiary/aromatic N) is 2. The van der Waals surface area contributed by atoms with Gasteiger partial charge in [-0.15, -0.1) is 0 Å². The second-order valence-corrected chi connectivity index (χ2v) is 4.42. The second kappa shape index (κ2) is 5.52. The molecule has 0 spiro atoms. The minimum atomic E-state index is -0.110. The van der Waals surface area contributed by atoms with Crippen LogP contribution in [0.4, 0.5) is 0 Å². The summed E-state index contributed by atoms with van der Waals surface area (Å²) in [7, 11) is 0. The third kappa shape index (κ3) is 2.51. The van der Waals surface area contributed by atoms with Crippen molar-refractivity contribution in [1.82, 2.24) is 20.3 Å². The number of amides is 1. The van der Waals surface area contributed by atoms with Gasteiger partial charge in [-0.05, 0) is 12.1 Å². The lowest BCUT2D eigenvalue weighted by Crippen LogP contribution is -2.26. The zero-order valence-corrected chi connectivity index (χ0v) is 10.8. The van der Waals surface area contributed by atoms with Crippen LogP contribution in [0.1, 0.15) is 16.2 Å². The fourth-order valence-corrected chi connectivity index (χ4v) is 2.11. The Morgan fingerprint density at radius 2 is 2.05 bits per heavy atom. The van der Waals surface area contributed by atoms with E-state index in [9.17, 15) is 4.79 Å². The van der Waals surface area contributed by atoms with Crippen LogP contribution in [0.3, 0.4) is 0 Å². The van der Waals surface area contributed by atoms with Gasteiger partial charge in [-0.1, -0.05) is 18.2 Å². The number of fused-ring (bicyclic) bond motifs is 1. The molecule has 0 aliphatic rings. The van der Waals surface area contributed by atoms with Gasteiger partial charge in [-0.2, -0.15) is 0 Å². The molecule has 3 rings (SSSR count). The molecule has 0 fully saturated rings. The summed E-state index contributed by atoms with van der Waals surface area (Å²) >= 11 is 0. The van der Waals surface area contributed by atoms with Crippen molar-refractivity contribution in [2.75, 3.05) is 6.54 Å². The maximum Gasteiger partial charge on any atom is 0.253 e. The van der Waals surface area contributed by atoms with Gasteiger partial charge in [-0.3, -0.25) is 9.78 Å². The Balaban J connectivity index is 1.72. The molecule has 1 aromatic carbocycles. The predicted octanol–water partition coefficient (Wildman–Crippen LogP) is 1.93. The summed E-state index contributed by atoms with van der Waals surface area (Å²) in [4.78, 5) is 23.6. The average Bonchev–Trinajstić information content (AvgIpc) is 3.00. The minimum Gasteiger partial charge on any atom is -0.352 e. The molecule has 1 amide bonds. The molecule has 2 N–H and O–H groups in total. The monoisotopic (exact) mass is 266 g/mol. The number of pyridine rings is 1. The fraction of sp³-hybridized carbons (Fsp3) is 0.133. The highest BCUT2D eigenvalue weighted by Crippen LogP contribution is 2.15. The first-order valence-corrected chi connectivity index (χ1v) is 6.45. The lowest BCUT2D eigenvalue weighted by Gasteiger charge is -2.06. The third-order valence-corrected chi connectivity index (χ3v) is 3.08. The number of aromatic nitrogens is 3. The van der Waals surface area contributed by atoms with Crippen molar-refractivity contribution in [2.45, 2.75) is 6.42 Å². The van der Waals surface area contributed by atoms with Crippen molar-refractivity contribution in [1.29, 1.82) is 0 Å². The number of benzene rings is 1. The summed E-state index contributed by atoms with van der Waals surface area (Å²) in [6.07, 6.45) is 5.84. The number of para-hydroxylation sites is 1. The normalized spacial score (nSPS) is 10.6. The van der Waals surface area contributed by atoms with E-state index in [1.165, 1.54) is 0 Å². The molecule has 0 saturated carbocycles. The van der Waals surface area contributed by atoms with Gasteiger partial charge in [0.05, 0.1) is 11.1 Å². The molecule has 5 nitrogen and oxygen atoms in total. The molecule has 20 heavy (non-hydrogen) atoms. The number of nitrogens with one attached hydrogen (secondary N) is 2. The van der Waals surface area contributed by atoms with Gasteiger partial charge < -0.3 is 10.3 Å². The van der Waals surface area contributed by atoms with E-state index in [4.69, 9.17) is 0 Å². The van der Waals surface area contributed by atoms with Crippen LogP contribution < -0.4 is 5.32 Å². The minimum absolute atomic E-state index is 0.110. The number of H-pyrrole nitrogens is 1. The predicted molar refractivity (Wildman–Crippen MR) is 76.4 cm³/mol. The van der Waals surface area contributed by atoms with Crippen molar-refractivity contribution in [2.24, 2.45) is 0 Å². The lowest BCUT2D eigenvalue weighted by molar-refractivity contribution is 0.0955. The van der Waals surface area contributed by atoms with E-state index in [0.29, 0.717) is 18.5 Å². The van der Waals surface area contributed by atoms with E-state index in [1.54, 1.807) is 24.7 Å². The Bertz CT molecular complexity index is 716. The molecule has 0 radical (unpaired) electrons. The SMILES string of the molecule is O=C(NCCc1ncc[nH]1)c1cccc2cccnc12. The van der Waals surface area contributed by atoms with Crippen LogP contribution >= 0.6 is 0 Å². The first-order valence-electron chi connectivity index (χ1n) is 6.45. The van der Waals surface area contributed by atoms with E-state index in [-0.39, 0.29) is 5.91 Å². The molecule has 2 heterocycles. The standard InChI is InChI=1S/C15H14N4O/c20-15(19-8-6-13-16-9-10-17-13)12-5-1-3-11-4-2-7-18-14(11)12/h1-5,7,9-10H,6,8H2,(H,16,17)(H,19,20). The molecule has 5 heteroatoms. The summed E-state index contributed by atoms with van der Waals surface area (Å²) in [5.41, 5.74) is 1.33. The third-order valence-electron chi connectivity index (χ3n) is 3.08. The molecule has 0 aliphatic heterocycles. The summed E-state index contributed by atoms with van der Waals surface area (Å²) in [6.45, 7) is 0.537. The highest BCUT2D eigenvalue weighted by molar-refractivity contribution is 6.05. The van der Waals surface area contributed by atoms with Crippen LogP contribution in [-0.4, -0.2) is 27.4 Å². The van der Waals surface area contributed by atoms with Gasteiger partial charge in [0, 0.05) is 36.9 Å². The molecule has 3 aromatic rings. The van der Waals surface area contributed by atoms with Crippen molar-refractivity contribution >= 4 is 16.8 Å². The Morgan fingerprint density at radius 3 is 2.90 bits per heavy atom. The molecule has 0 bridgehead atoms. The number of imidazole rings is 1. The molecule has 2 aromatic heterocycles. The van der Waals surface area contributed by atoms with E-state index < -0.39 is 0 Å². The van der Waals surface area contributed by atoms with Crippen LogP contribution in [0.25, 0.3) is 10.9 Å². The van der Waals surface area contributed by atoms with Gasteiger partial charge in [0.25, 0.3) is 5.91 Å². The van der Waals surface area contributed by atoms with Crippen LogP contribution in [0.2, 0.25) is 0 Å². The van der Waals surface area contributed by atoms with Crippen LogP contribution in [0.5, 0.6) is 0 Å². The van der Waals surface area contributed by atoms with Gasteiger partial charge in [0.15, 0.2) is 0 Å². The van der Waals surface area contributed by atoms with Gasteiger partial charge in [0.1, 0.15) is 5.82 Å². The zero-order valence-electron chi connectivity index (χ0n) is 10.8. The Morgan fingerprint density at radius 1 is 1.15 bits per heavy atom. The van der Waals surface area contributed by atoms with E-state index >= 15 is 0 Å². The van der Waals surface area contributed by atoms with E-state index in [0.717, 1.165) is 16.7 Å². The second-order valence-electron chi connectivity index (χ2n) is 4.42. The molecule has 0 unspecified atom stereocenters. The van der Waals surface area contributed by atoms with E-state index in [2.05, 4.69) is 20.3 Å². The van der Waals surface area contributed by atoms with Gasteiger partial charge in [0.2, 0.25) is 0 Å². The molecule has 0 aliphatic carbocycles. The lowest BCUT2D eigenvalue weighted by atomic mass is 10.1. The number of hydrogen-bond donors (Lipinski definition) is 2. The maximum atomic E-state index is 12.2. The van der Waals surface area contributed by atoms with Crippen LogP contribution in [0, 0.1) is 0 Å². The summed E-state index contributed by atoms with van der Waals surface area (Å²) in [5.74, 6) is 0.752. The Hall–Kier alpha value is -2.69. The van der Waals surface area contributed by atoms with Gasteiger partial charge in [-0.25, -0.2) is 4.98 Å². The fourth-order valence-electron chi connectivity index (χ4n) is 2.11. The largest absolute Gasteiger partial charge is 0.352 e. The number of carbonyl (C=O) groups excluding carboxylic acids is 1. The molecule has 100 valence electrons. The van der Waals surface area contributed by atoms with Crippen molar-refractivity contribution in [3.8, 4) is 0 Å². The summed E-state index contributed by atoms with van der Waals surface area (Å²) in [5, 5.41) is 3.85. The topological polar surface area (TPSA) is 70.7 Å². The number of carbonyl (C=O) groups is 1. The average molecular weight is 266 g/mol. The first kappa shape index (κ1) is 12.3. The highest BCUT2D eigenvalue weighted by atomic mass is 16.1. The van der Waals surface area contributed by atoms with Crippen molar-refractivity contribution in [3.63, 3.8) is 0 Å². The summed E-state index contributed by atoms with van der Waals surface area (Å²) in [6, 6.07) is 9.41. The summed E-state index contributed by atoms with van der Waals surface area (Å²) < 4.78 is 0. The zero-order chi connectivity index (χ0) is 13.8. The Labute approximate surface area is 116 Å². The molecule has 0 atom stereocenters. The maximum absolute atomic E-state index is 12.2. The quantitative estimate of drug-likeness (QED) is 0.758. The Kier molecular flexibility index (Phi) is 3.41. The number of rotatable bonds is 4. The molecular weight excluding hydrogens is 252 g/mol. The first-order chi connectivity index (χ1) is 9.84. The smallest absolute Gasteiger partial charge is 0.253 e. The number of aromatic amines is 1. The van der Waals surface area contributed by atoms with Crippen molar-refractivity contribution < 1.29 is 4.79 Å². The van der Waals surface area contributed by atoms with Crippen molar-refractivity contribution in [3.05, 3.63) is 60.3 Å².